The van der Waals surface area contributed by atoms with Crippen LogP contribution in [0.4, 0.5) is 0 Å². The Hall–Kier alpha value is -3.34. The van der Waals surface area contributed by atoms with Crippen molar-refractivity contribution in [3.63, 3.8) is 0 Å². The summed E-state index contributed by atoms with van der Waals surface area (Å²) < 4.78 is 13.1. The minimum absolute atomic E-state index is 0.508. The number of thioether (sulfide) groups is 2. The summed E-state index contributed by atoms with van der Waals surface area (Å²) in [7, 11) is 0. The van der Waals surface area contributed by atoms with Crippen molar-refractivity contribution in [3.8, 4) is 22.6 Å². The summed E-state index contributed by atoms with van der Waals surface area (Å²) in [4.78, 5) is 0. The third kappa shape index (κ3) is 5.77. The molecule has 0 bridgehead atoms. The maximum Gasteiger partial charge on any atom is 0.125 e. The Balaban J connectivity index is 1.50. The second kappa shape index (κ2) is 12.1. The molecule has 7 rings (SSSR count). The number of allylic oxidation sites excluding steroid dienone is 2. The quantitative estimate of drug-likeness (QED) is 0.101. The largest absolute Gasteiger partial charge is 0.492 e. The van der Waals surface area contributed by atoms with Crippen LogP contribution in [0.3, 0.4) is 0 Å². The van der Waals surface area contributed by atoms with Gasteiger partial charge in [0.1, 0.15) is 24.7 Å². The molecule has 2 atom stereocenters. The zero-order valence-electron chi connectivity index (χ0n) is 26.9. The van der Waals surface area contributed by atoms with E-state index in [0.29, 0.717) is 10.5 Å². The molecule has 230 valence electrons. The van der Waals surface area contributed by atoms with E-state index < -0.39 is 5.41 Å². The zero-order valence-corrected chi connectivity index (χ0v) is 28.5. The fourth-order valence-electron chi connectivity index (χ4n) is 7.16. The number of hydrogen-bond donors (Lipinski definition) is 0. The summed E-state index contributed by atoms with van der Waals surface area (Å²) >= 11 is 3.95. The molecule has 4 heteroatoms. The smallest absolute Gasteiger partial charge is 0.125 e. The minimum atomic E-state index is -0.508. The molecule has 2 saturated heterocycles. The van der Waals surface area contributed by atoms with Crippen LogP contribution >= 0.6 is 23.5 Å². The van der Waals surface area contributed by atoms with Crippen molar-refractivity contribution >= 4 is 23.5 Å². The minimum Gasteiger partial charge on any atom is -0.492 e. The molecule has 4 aromatic rings. The Morgan fingerprint density at radius 3 is 1.47 bits per heavy atom. The molecule has 0 radical (unpaired) electrons. The van der Waals surface area contributed by atoms with Gasteiger partial charge in [0.15, 0.2) is 0 Å². The van der Waals surface area contributed by atoms with Gasteiger partial charge in [0.25, 0.3) is 0 Å². The van der Waals surface area contributed by atoms with Crippen molar-refractivity contribution < 1.29 is 9.47 Å². The average molecular weight is 631 g/mol. The van der Waals surface area contributed by atoms with Gasteiger partial charge in [0, 0.05) is 22.0 Å². The predicted octanol–water partition coefficient (Wildman–Crippen LogP) is 9.89. The fraction of sp³-hybridized carbons (Fsp3) is 0.317. The molecule has 2 unspecified atom stereocenters. The van der Waals surface area contributed by atoms with Gasteiger partial charge in [-0.05, 0) is 96.2 Å². The lowest BCUT2D eigenvalue weighted by Gasteiger charge is -2.36. The van der Waals surface area contributed by atoms with Crippen molar-refractivity contribution in [3.05, 3.63) is 142 Å². The maximum absolute atomic E-state index is 6.55. The van der Waals surface area contributed by atoms with Gasteiger partial charge < -0.3 is 9.47 Å². The molecule has 0 N–H and O–H groups in total. The summed E-state index contributed by atoms with van der Waals surface area (Å²) in [5.41, 5.74) is 14.3. The van der Waals surface area contributed by atoms with Gasteiger partial charge in [-0.2, -0.15) is 23.5 Å². The van der Waals surface area contributed by atoms with Crippen LogP contribution in [-0.4, -0.2) is 35.2 Å². The molecular weight excluding hydrogens is 589 g/mol. The van der Waals surface area contributed by atoms with Crippen LogP contribution in [-0.2, 0) is 18.3 Å². The van der Waals surface area contributed by atoms with Crippen molar-refractivity contribution in [1.29, 1.82) is 0 Å². The van der Waals surface area contributed by atoms with E-state index >= 15 is 0 Å². The highest BCUT2D eigenvalue weighted by Gasteiger charge is 2.47. The van der Waals surface area contributed by atoms with E-state index in [1.165, 1.54) is 67.1 Å². The Morgan fingerprint density at radius 1 is 0.689 bits per heavy atom. The molecule has 2 heterocycles. The monoisotopic (exact) mass is 630 g/mol. The van der Waals surface area contributed by atoms with Crippen LogP contribution < -0.4 is 9.47 Å². The number of ether oxygens (including phenoxy) is 2. The van der Waals surface area contributed by atoms with E-state index in [1.54, 1.807) is 0 Å². The maximum atomic E-state index is 6.55. The average Bonchev–Trinajstić information content (AvgIpc) is 3.94. The number of benzene rings is 4. The Labute approximate surface area is 277 Å². The van der Waals surface area contributed by atoms with Crippen LogP contribution in [0.25, 0.3) is 11.1 Å². The summed E-state index contributed by atoms with van der Waals surface area (Å²) in [5, 5.41) is 1.21. The van der Waals surface area contributed by atoms with Gasteiger partial charge in [0.2, 0.25) is 0 Å². The molecule has 2 fully saturated rings. The lowest BCUT2D eigenvalue weighted by atomic mass is 9.66. The van der Waals surface area contributed by atoms with E-state index in [9.17, 15) is 0 Å². The normalized spacial score (nSPS) is 18.6. The first-order valence-corrected chi connectivity index (χ1v) is 18.1. The van der Waals surface area contributed by atoms with E-state index in [2.05, 4.69) is 114 Å². The summed E-state index contributed by atoms with van der Waals surface area (Å²) in [6.45, 7) is 18.8. The van der Waals surface area contributed by atoms with Crippen molar-refractivity contribution in [2.24, 2.45) is 0 Å². The van der Waals surface area contributed by atoms with Crippen LogP contribution in [0.1, 0.15) is 58.4 Å². The van der Waals surface area contributed by atoms with Crippen molar-refractivity contribution in [1.82, 2.24) is 0 Å². The molecule has 0 amide bonds. The number of aryl methyl sites for hydroxylation is 2. The van der Waals surface area contributed by atoms with Crippen molar-refractivity contribution in [2.75, 3.05) is 24.7 Å². The second-order valence-electron chi connectivity index (χ2n) is 13.2. The standard InChI is InChI=1S/C41H42O2S2/c1-25(2)15-29-19-31(17-27(5)39(29)42-21-33-23-44-33)41(37-13-9-7-11-35(37)36-12-8-10-14-38(36)41)32-18-28(6)40(43-22-34-24-45-34)30(20-32)16-26(3)4/h7-14,17-20,33-34H,1,3,15-16,21-24H2,2,4-6H3. The summed E-state index contributed by atoms with van der Waals surface area (Å²) in [6.07, 6.45) is 1.57. The van der Waals surface area contributed by atoms with Gasteiger partial charge in [-0.15, -0.1) is 0 Å². The molecule has 0 spiro atoms. The highest BCUT2D eigenvalue weighted by molar-refractivity contribution is 8.07. The zero-order chi connectivity index (χ0) is 31.3. The second-order valence-corrected chi connectivity index (χ2v) is 15.9. The van der Waals surface area contributed by atoms with Crippen LogP contribution in [0.5, 0.6) is 11.5 Å². The number of hydrogen-bond acceptors (Lipinski definition) is 4. The Bertz CT molecular complexity index is 1680. The van der Waals surface area contributed by atoms with Gasteiger partial charge in [-0.3, -0.25) is 0 Å². The molecule has 45 heavy (non-hydrogen) atoms. The highest BCUT2D eigenvalue weighted by Crippen LogP contribution is 2.57. The molecule has 2 aliphatic heterocycles. The van der Waals surface area contributed by atoms with Crippen molar-refractivity contribution in [2.45, 2.75) is 56.5 Å². The first kappa shape index (κ1) is 30.3. The molecular formula is C41H42O2S2. The molecule has 0 aromatic heterocycles. The first-order chi connectivity index (χ1) is 21.8. The van der Waals surface area contributed by atoms with E-state index in [1.807, 2.05) is 23.5 Å². The lowest BCUT2D eigenvalue weighted by Crippen LogP contribution is -2.29. The van der Waals surface area contributed by atoms with Crippen LogP contribution in [0.15, 0.2) is 97.1 Å². The molecule has 4 aromatic carbocycles. The molecule has 3 aliphatic rings. The van der Waals surface area contributed by atoms with Gasteiger partial charge in [0.05, 0.1) is 5.41 Å². The topological polar surface area (TPSA) is 18.5 Å². The number of rotatable bonds is 12. The van der Waals surface area contributed by atoms with Crippen LogP contribution in [0.2, 0.25) is 0 Å². The molecule has 1 aliphatic carbocycles. The third-order valence-electron chi connectivity index (χ3n) is 9.14. The van der Waals surface area contributed by atoms with Gasteiger partial charge in [-0.1, -0.05) is 97.1 Å². The third-order valence-corrected chi connectivity index (χ3v) is 11.0. The summed E-state index contributed by atoms with van der Waals surface area (Å²) in [5.74, 6) is 4.42. The van der Waals surface area contributed by atoms with E-state index in [4.69, 9.17) is 9.47 Å². The van der Waals surface area contributed by atoms with Gasteiger partial charge in [-0.25, -0.2) is 0 Å². The molecule has 0 saturated carbocycles. The summed E-state index contributed by atoms with van der Waals surface area (Å²) in [6, 6.07) is 27.6. The van der Waals surface area contributed by atoms with E-state index in [-0.39, 0.29) is 0 Å². The first-order valence-electron chi connectivity index (χ1n) is 16.0. The Morgan fingerprint density at radius 2 is 1.09 bits per heavy atom. The van der Waals surface area contributed by atoms with Gasteiger partial charge >= 0.3 is 0 Å². The number of fused-ring (bicyclic) bond motifs is 3. The Kier molecular flexibility index (Phi) is 8.16. The van der Waals surface area contributed by atoms with E-state index in [0.717, 1.165) is 48.7 Å². The molecule has 2 nitrogen and oxygen atoms in total. The highest BCUT2D eigenvalue weighted by atomic mass is 32.2. The lowest BCUT2D eigenvalue weighted by molar-refractivity contribution is 0.324. The SMILES string of the molecule is C=C(C)Cc1cc(C2(c3cc(C)c(OCC4CS4)c(CC(=C)C)c3)c3ccccc3-c3ccccc32)cc(C)c1OCC1CS1. The predicted molar refractivity (Wildman–Crippen MR) is 194 cm³/mol. The van der Waals surface area contributed by atoms with Crippen LogP contribution in [0, 0.1) is 13.8 Å². The fourth-order valence-corrected chi connectivity index (χ4v) is 7.95.